The van der Waals surface area contributed by atoms with Gasteiger partial charge in [-0.05, 0) is 38.1 Å². The fraction of sp³-hybridized carbons (Fsp3) is 0.125. The van der Waals surface area contributed by atoms with Gasteiger partial charge >= 0.3 is 0 Å². The quantitative estimate of drug-likeness (QED) is 0.532. The van der Waals surface area contributed by atoms with Crippen LogP contribution in [0.2, 0.25) is 0 Å². The molecule has 0 fully saturated rings. The molecule has 1 amide bonds. The third kappa shape index (κ3) is 3.35. The molecule has 0 heterocycles. The summed E-state index contributed by atoms with van der Waals surface area (Å²) in [7, 11) is 0. The van der Waals surface area contributed by atoms with Gasteiger partial charge in [0, 0.05) is 28.4 Å². The van der Waals surface area contributed by atoms with Crippen LogP contribution in [0.1, 0.15) is 33.2 Å². The molecule has 0 aliphatic rings. The number of carbonyl (C=O) groups excluding carboxylic acids is 2. The van der Waals surface area contributed by atoms with Crippen molar-refractivity contribution >= 4 is 23.1 Å². The highest BCUT2D eigenvalue weighted by molar-refractivity contribution is 6.05. The maximum Gasteiger partial charge on any atom is 0.272 e. The van der Waals surface area contributed by atoms with E-state index in [4.69, 9.17) is 0 Å². The minimum atomic E-state index is -0.493. The predicted octanol–water partition coefficient (Wildman–Crippen LogP) is 3.36. The number of nitro groups is 1. The number of Topliss-reactive ketones (excluding diaryl/α,β-unsaturated/α-hetero) is 1. The second-order valence-electron chi connectivity index (χ2n) is 4.85. The Morgan fingerprint density at radius 3 is 2.41 bits per heavy atom. The van der Waals surface area contributed by atoms with Crippen molar-refractivity contribution in [2.75, 3.05) is 5.32 Å². The number of rotatable bonds is 4. The van der Waals surface area contributed by atoms with Gasteiger partial charge in [0.05, 0.1) is 4.92 Å². The normalized spacial score (nSPS) is 10.1. The Hall–Kier alpha value is -3.02. The highest BCUT2D eigenvalue weighted by atomic mass is 16.6. The average Bonchev–Trinajstić information content (AvgIpc) is 2.46. The molecule has 0 atom stereocenters. The van der Waals surface area contributed by atoms with Crippen molar-refractivity contribution in [1.29, 1.82) is 0 Å². The SMILES string of the molecule is CC(=O)c1cccc(NC(=O)c2ccc([N+](=O)[O-])c(C)c2)c1. The van der Waals surface area contributed by atoms with Crippen molar-refractivity contribution < 1.29 is 14.5 Å². The highest BCUT2D eigenvalue weighted by Crippen LogP contribution is 2.20. The lowest BCUT2D eigenvalue weighted by Gasteiger charge is -2.07. The Kier molecular flexibility index (Phi) is 4.31. The van der Waals surface area contributed by atoms with E-state index in [1.807, 2.05) is 0 Å². The summed E-state index contributed by atoms with van der Waals surface area (Å²) >= 11 is 0. The van der Waals surface area contributed by atoms with Crippen LogP contribution in [-0.4, -0.2) is 16.6 Å². The van der Waals surface area contributed by atoms with Crippen molar-refractivity contribution in [2.24, 2.45) is 0 Å². The van der Waals surface area contributed by atoms with Gasteiger partial charge < -0.3 is 5.32 Å². The Morgan fingerprint density at radius 1 is 1.09 bits per heavy atom. The first kappa shape index (κ1) is 15.4. The van der Waals surface area contributed by atoms with E-state index in [2.05, 4.69) is 5.32 Å². The van der Waals surface area contributed by atoms with Gasteiger partial charge in [0.1, 0.15) is 0 Å². The third-order valence-corrected chi connectivity index (χ3v) is 3.18. The van der Waals surface area contributed by atoms with Crippen LogP contribution < -0.4 is 5.32 Å². The van der Waals surface area contributed by atoms with Crippen molar-refractivity contribution in [3.63, 3.8) is 0 Å². The summed E-state index contributed by atoms with van der Waals surface area (Å²) in [6, 6.07) is 10.7. The molecule has 0 aromatic heterocycles. The maximum atomic E-state index is 12.2. The molecule has 0 spiro atoms. The number of nitro benzene ring substituents is 1. The fourth-order valence-electron chi connectivity index (χ4n) is 2.02. The van der Waals surface area contributed by atoms with E-state index in [9.17, 15) is 19.7 Å². The van der Waals surface area contributed by atoms with Gasteiger partial charge in [-0.2, -0.15) is 0 Å². The molecule has 2 aromatic carbocycles. The summed E-state index contributed by atoms with van der Waals surface area (Å²) in [4.78, 5) is 33.8. The number of benzene rings is 2. The Balaban J connectivity index is 2.22. The lowest BCUT2D eigenvalue weighted by molar-refractivity contribution is -0.385. The Morgan fingerprint density at radius 2 is 1.82 bits per heavy atom. The molecule has 22 heavy (non-hydrogen) atoms. The summed E-state index contributed by atoms with van der Waals surface area (Å²) in [5, 5.41) is 13.4. The maximum absolute atomic E-state index is 12.2. The molecule has 0 aliphatic heterocycles. The highest BCUT2D eigenvalue weighted by Gasteiger charge is 2.14. The van der Waals surface area contributed by atoms with Crippen molar-refractivity contribution in [2.45, 2.75) is 13.8 Å². The van der Waals surface area contributed by atoms with Crippen molar-refractivity contribution in [3.8, 4) is 0 Å². The minimum absolute atomic E-state index is 0.0323. The lowest BCUT2D eigenvalue weighted by atomic mass is 10.1. The average molecular weight is 298 g/mol. The number of nitrogens with zero attached hydrogens (tertiary/aromatic N) is 1. The fourth-order valence-corrected chi connectivity index (χ4v) is 2.02. The first-order valence-electron chi connectivity index (χ1n) is 6.56. The molecule has 0 bridgehead atoms. The zero-order chi connectivity index (χ0) is 16.3. The number of amides is 1. The van der Waals surface area contributed by atoms with E-state index in [1.54, 1.807) is 31.2 Å². The molecule has 6 heteroatoms. The molecule has 0 unspecified atom stereocenters. The van der Waals surface area contributed by atoms with E-state index in [0.29, 0.717) is 22.4 Å². The summed E-state index contributed by atoms with van der Waals surface area (Å²) in [5.41, 5.74) is 1.69. The topological polar surface area (TPSA) is 89.3 Å². The standard InChI is InChI=1S/C16H14N2O4/c1-10-8-13(6-7-15(10)18(21)22)16(20)17-14-5-3-4-12(9-14)11(2)19/h3-9H,1-2H3,(H,17,20). The number of carbonyl (C=O) groups is 2. The summed E-state index contributed by atoms with van der Waals surface area (Å²) in [6.07, 6.45) is 0. The van der Waals surface area contributed by atoms with Crippen LogP contribution in [-0.2, 0) is 0 Å². The van der Waals surface area contributed by atoms with Gasteiger partial charge in [0.25, 0.3) is 11.6 Å². The molecule has 2 aromatic rings. The second-order valence-corrected chi connectivity index (χ2v) is 4.85. The van der Waals surface area contributed by atoms with E-state index in [-0.39, 0.29) is 11.5 Å². The number of hydrogen-bond acceptors (Lipinski definition) is 4. The van der Waals surface area contributed by atoms with E-state index in [1.165, 1.54) is 25.1 Å². The predicted molar refractivity (Wildman–Crippen MR) is 82.2 cm³/mol. The monoisotopic (exact) mass is 298 g/mol. The smallest absolute Gasteiger partial charge is 0.272 e. The van der Waals surface area contributed by atoms with Crippen molar-refractivity contribution in [1.82, 2.24) is 0 Å². The molecule has 0 saturated heterocycles. The molecule has 112 valence electrons. The molecule has 2 rings (SSSR count). The van der Waals surface area contributed by atoms with Gasteiger partial charge in [0.2, 0.25) is 0 Å². The van der Waals surface area contributed by atoms with Gasteiger partial charge in [-0.1, -0.05) is 12.1 Å². The zero-order valence-corrected chi connectivity index (χ0v) is 12.1. The van der Waals surface area contributed by atoms with Crippen LogP contribution in [0.4, 0.5) is 11.4 Å². The molecule has 0 radical (unpaired) electrons. The van der Waals surface area contributed by atoms with Gasteiger partial charge in [-0.25, -0.2) is 0 Å². The van der Waals surface area contributed by atoms with E-state index >= 15 is 0 Å². The van der Waals surface area contributed by atoms with Crippen LogP contribution >= 0.6 is 0 Å². The number of hydrogen-bond donors (Lipinski definition) is 1. The van der Waals surface area contributed by atoms with Gasteiger partial charge in [-0.3, -0.25) is 19.7 Å². The Labute approximate surface area is 126 Å². The number of ketones is 1. The second kappa shape index (κ2) is 6.17. The van der Waals surface area contributed by atoms with Gasteiger partial charge in [0.15, 0.2) is 5.78 Å². The van der Waals surface area contributed by atoms with Gasteiger partial charge in [-0.15, -0.1) is 0 Å². The number of anilines is 1. The molecule has 0 aliphatic carbocycles. The summed E-state index contributed by atoms with van der Waals surface area (Å²) in [5.74, 6) is -0.485. The Bertz CT molecular complexity index is 768. The molecule has 1 N–H and O–H groups in total. The molecule has 6 nitrogen and oxygen atoms in total. The number of aryl methyl sites for hydroxylation is 1. The summed E-state index contributed by atoms with van der Waals surface area (Å²) < 4.78 is 0. The number of nitrogens with one attached hydrogen (secondary N) is 1. The van der Waals surface area contributed by atoms with Crippen LogP contribution in [0.15, 0.2) is 42.5 Å². The molecular formula is C16H14N2O4. The van der Waals surface area contributed by atoms with Crippen LogP contribution in [0, 0.1) is 17.0 Å². The first-order valence-corrected chi connectivity index (χ1v) is 6.56. The largest absolute Gasteiger partial charge is 0.322 e. The first-order chi connectivity index (χ1) is 10.4. The van der Waals surface area contributed by atoms with Crippen LogP contribution in [0.25, 0.3) is 0 Å². The lowest BCUT2D eigenvalue weighted by Crippen LogP contribution is -2.12. The minimum Gasteiger partial charge on any atom is -0.322 e. The van der Waals surface area contributed by atoms with Crippen LogP contribution in [0.3, 0.4) is 0 Å². The molecule has 0 saturated carbocycles. The molecular weight excluding hydrogens is 284 g/mol. The van der Waals surface area contributed by atoms with E-state index in [0.717, 1.165) is 0 Å². The van der Waals surface area contributed by atoms with E-state index < -0.39 is 10.8 Å². The van der Waals surface area contributed by atoms with Crippen LogP contribution in [0.5, 0.6) is 0 Å². The van der Waals surface area contributed by atoms with Crippen molar-refractivity contribution in [3.05, 3.63) is 69.3 Å². The third-order valence-electron chi connectivity index (χ3n) is 3.18. The zero-order valence-electron chi connectivity index (χ0n) is 12.1. The summed E-state index contributed by atoms with van der Waals surface area (Å²) in [6.45, 7) is 3.02.